The molecule has 3 N–H and O–H groups in total. The van der Waals surface area contributed by atoms with Crippen molar-refractivity contribution in [1.29, 1.82) is 0 Å². The van der Waals surface area contributed by atoms with Crippen molar-refractivity contribution in [3.63, 3.8) is 0 Å². The first-order valence-electron chi connectivity index (χ1n) is 6.38. The van der Waals surface area contributed by atoms with Crippen LogP contribution >= 0.6 is 0 Å². The first kappa shape index (κ1) is 12.9. The van der Waals surface area contributed by atoms with Crippen molar-refractivity contribution < 1.29 is 14.6 Å². The first-order valence-corrected chi connectivity index (χ1v) is 6.38. The highest BCUT2D eigenvalue weighted by Crippen LogP contribution is 2.32. The summed E-state index contributed by atoms with van der Waals surface area (Å²) < 4.78 is 5.57. The van der Waals surface area contributed by atoms with Crippen LogP contribution in [0.2, 0.25) is 0 Å². The van der Waals surface area contributed by atoms with E-state index in [4.69, 9.17) is 10.5 Å². The van der Waals surface area contributed by atoms with Crippen molar-refractivity contribution in [2.45, 2.75) is 44.8 Å². The lowest BCUT2D eigenvalue weighted by Crippen LogP contribution is -2.33. The number of benzene rings is 1. The molecule has 0 spiro atoms. The maximum atomic E-state index is 11.1. The number of carbonyl (C=O) groups is 1. The van der Waals surface area contributed by atoms with E-state index in [1.54, 1.807) is 6.07 Å². The van der Waals surface area contributed by atoms with Crippen LogP contribution in [0.25, 0.3) is 0 Å². The Balaban J connectivity index is 2.18. The van der Waals surface area contributed by atoms with Crippen molar-refractivity contribution in [1.82, 2.24) is 0 Å². The van der Waals surface area contributed by atoms with Gasteiger partial charge in [-0.05, 0) is 48.9 Å². The molecule has 4 heteroatoms. The van der Waals surface area contributed by atoms with Crippen LogP contribution < -0.4 is 10.5 Å². The van der Waals surface area contributed by atoms with Crippen LogP contribution in [0.15, 0.2) is 18.2 Å². The highest BCUT2D eigenvalue weighted by molar-refractivity contribution is 5.79. The number of carbonyl (C=O) groups excluding carboxylic acids is 1. The summed E-state index contributed by atoms with van der Waals surface area (Å²) in [6.45, 7) is 1.86. The minimum Gasteiger partial charge on any atom is -0.481 e. The van der Waals surface area contributed by atoms with E-state index in [1.807, 2.05) is 19.1 Å². The van der Waals surface area contributed by atoms with Gasteiger partial charge in [-0.1, -0.05) is 13.0 Å². The Morgan fingerprint density at radius 2 is 2.39 bits per heavy atom. The summed E-state index contributed by atoms with van der Waals surface area (Å²) in [5.74, 6) is 0.198. The molecule has 0 aromatic heterocycles. The molecule has 0 saturated heterocycles. The number of rotatable bonds is 4. The van der Waals surface area contributed by atoms with E-state index in [-0.39, 0.29) is 6.10 Å². The summed E-state index contributed by atoms with van der Waals surface area (Å²) in [6.07, 6.45) is 2.32. The second-order valence-corrected chi connectivity index (χ2v) is 4.69. The van der Waals surface area contributed by atoms with E-state index < -0.39 is 12.0 Å². The van der Waals surface area contributed by atoms with Crippen molar-refractivity contribution in [2.24, 2.45) is 5.73 Å². The van der Waals surface area contributed by atoms with Crippen LogP contribution in [0, 0.1) is 0 Å². The average Bonchev–Trinajstić information content (AvgIpc) is 2.35. The lowest BCUT2D eigenvalue weighted by Gasteiger charge is -2.22. The number of hydrogen-bond acceptors (Lipinski definition) is 3. The molecule has 1 amide bonds. The topological polar surface area (TPSA) is 72.6 Å². The van der Waals surface area contributed by atoms with Gasteiger partial charge in [0.2, 0.25) is 0 Å². The maximum Gasteiger partial charge on any atom is 0.258 e. The monoisotopic (exact) mass is 249 g/mol. The number of amides is 1. The third-order valence-electron chi connectivity index (χ3n) is 3.36. The molecule has 1 aromatic rings. The number of fused-ring (bicyclic) bond motifs is 1. The molecule has 2 rings (SSSR count). The molecule has 0 heterocycles. The number of primary amides is 1. The summed E-state index contributed by atoms with van der Waals surface area (Å²) in [5, 5.41) is 9.85. The van der Waals surface area contributed by atoms with Crippen LogP contribution in [0.4, 0.5) is 0 Å². The Morgan fingerprint density at radius 3 is 3.06 bits per heavy atom. The lowest BCUT2D eigenvalue weighted by molar-refractivity contribution is -0.124. The number of hydrogen-bond donors (Lipinski definition) is 2. The minimum absolute atomic E-state index is 0.374. The number of aliphatic hydroxyl groups excluding tert-OH is 1. The van der Waals surface area contributed by atoms with Crippen molar-refractivity contribution in [2.75, 3.05) is 0 Å². The number of aryl methyl sites for hydroxylation is 1. The predicted octanol–water partition coefficient (Wildman–Crippen LogP) is 1.70. The Hall–Kier alpha value is -1.55. The van der Waals surface area contributed by atoms with Gasteiger partial charge in [-0.25, -0.2) is 0 Å². The van der Waals surface area contributed by atoms with Gasteiger partial charge >= 0.3 is 0 Å². The fraction of sp³-hybridized carbons (Fsp3) is 0.500. The smallest absolute Gasteiger partial charge is 0.258 e. The quantitative estimate of drug-likeness (QED) is 0.853. The SMILES string of the molecule is CCC(Oc1ccc2c(c1)CCCC2O)C(N)=O. The van der Waals surface area contributed by atoms with Gasteiger partial charge < -0.3 is 15.6 Å². The second kappa shape index (κ2) is 5.40. The fourth-order valence-electron chi connectivity index (χ4n) is 2.35. The van der Waals surface area contributed by atoms with Crippen LogP contribution in [0.1, 0.15) is 43.4 Å². The molecule has 0 saturated carbocycles. The minimum atomic E-state index is -0.587. The molecule has 1 aromatic carbocycles. The van der Waals surface area contributed by atoms with Crippen LogP contribution in [0.5, 0.6) is 5.75 Å². The molecular weight excluding hydrogens is 230 g/mol. The lowest BCUT2D eigenvalue weighted by atomic mass is 9.89. The van der Waals surface area contributed by atoms with Crippen LogP contribution in [0.3, 0.4) is 0 Å². The Labute approximate surface area is 107 Å². The van der Waals surface area contributed by atoms with E-state index in [9.17, 15) is 9.90 Å². The van der Waals surface area contributed by atoms with Gasteiger partial charge in [-0.3, -0.25) is 4.79 Å². The zero-order valence-electron chi connectivity index (χ0n) is 10.6. The Kier molecular flexibility index (Phi) is 3.87. The Morgan fingerprint density at radius 1 is 1.61 bits per heavy atom. The molecule has 1 aliphatic rings. The zero-order valence-corrected chi connectivity index (χ0v) is 10.6. The molecule has 0 radical (unpaired) electrons. The van der Waals surface area contributed by atoms with E-state index >= 15 is 0 Å². The standard InChI is InChI=1S/C14H19NO3/c1-2-13(14(15)17)18-10-6-7-11-9(8-10)4-3-5-12(11)16/h6-8,12-13,16H,2-5H2,1H3,(H2,15,17). The van der Waals surface area contributed by atoms with Crippen molar-refractivity contribution in [3.05, 3.63) is 29.3 Å². The van der Waals surface area contributed by atoms with Crippen molar-refractivity contribution >= 4 is 5.91 Å². The molecule has 0 bridgehead atoms. The molecule has 2 unspecified atom stereocenters. The molecule has 2 atom stereocenters. The number of ether oxygens (including phenoxy) is 1. The van der Waals surface area contributed by atoms with E-state index in [2.05, 4.69) is 0 Å². The highest BCUT2D eigenvalue weighted by Gasteiger charge is 2.20. The molecule has 98 valence electrons. The third-order valence-corrected chi connectivity index (χ3v) is 3.36. The fourth-order valence-corrected chi connectivity index (χ4v) is 2.35. The highest BCUT2D eigenvalue weighted by atomic mass is 16.5. The average molecular weight is 249 g/mol. The zero-order chi connectivity index (χ0) is 13.1. The molecular formula is C14H19NO3. The van der Waals surface area contributed by atoms with Gasteiger partial charge in [0.25, 0.3) is 5.91 Å². The molecule has 0 fully saturated rings. The van der Waals surface area contributed by atoms with Gasteiger partial charge in [0.1, 0.15) is 5.75 Å². The van der Waals surface area contributed by atoms with Crippen molar-refractivity contribution in [3.8, 4) is 5.75 Å². The molecule has 18 heavy (non-hydrogen) atoms. The third kappa shape index (κ3) is 2.64. The van der Waals surface area contributed by atoms with Gasteiger partial charge in [-0.2, -0.15) is 0 Å². The van der Waals surface area contributed by atoms with E-state index in [0.717, 1.165) is 30.4 Å². The van der Waals surface area contributed by atoms with E-state index in [0.29, 0.717) is 12.2 Å². The van der Waals surface area contributed by atoms with E-state index in [1.165, 1.54) is 0 Å². The summed E-state index contributed by atoms with van der Waals surface area (Å²) in [6, 6.07) is 5.57. The second-order valence-electron chi connectivity index (χ2n) is 4.69. The van der Waals surface area contributed by atoms with Gasteiger partial charge in [-0.15, -0.1) is 0 Å². The van der Waals surface area contributed by atoms with Crippen LogP contribution in [-0.4, -0.2) is 17.1 Å². The summed E-state index contributed by atoms with van der Waals surface area (Å²) >= 11 is 0. The number of nitrogens with two attached hydrogens (primary N) is 1. The first-order chi connectivity index (χ1) is 8.61. The maximum absolute atomic E-state index is 11.1. The summed E-state index contributed by atoms with van der Waals surface area (Å²) in [5.41, 5.74) is 7.33. The molecule has 4 nitrogen and oxygen atoms in total. The molecule has 0 aliphatic heterocycles. The predicted molar refractivity (Wildman–Crippen MR) is 68.2 cm³/mol. The largest absolute Gasteiger partial charge is 0.481 e. The van der Waals surface area contributed by atoms with Gasteiger partial charge in [0.05, 0.1) is 6.10 Å². The number of aliphatic hydroxyl groups is 1. The summed E-state index contributed by atoms with van der Waals surface area (Å²) in [7, 11) is 0. The normalized spacial score (nSPS) is 20.0. The van der Waals surface area contributed by atoms with Gasteiger partial charge in [0.15, 0.2) is 6.10 Å². The Bertz CT molecular complexity index is 445. The van der Waals surface area contributed by atoms with Crippen LogP contribution in [-0.2, 0) is 11.2 Å². The molecule has 1 aliphatic carbocycles. The summed E-state index contributed by atoms with van der Waals surface area (Å²) in [4.78, 5) is 11.1. The van der Waals surface area contributed by atoms with Gasteiger partial charge in [0, 0.05) is 0 Å².